The maximum absolute atomic E-state index is 12.1. The van der Waals surface area contributed by atoms with E-state index < -0.39 is 7.82 Å². The van der Waals surface area contributed by atoms with Gasteiger partial charge in [-0.15, -0.1) is 0 Å². The fraction of sp³-hybridized carbons (Fsp3) is 0.400. The number of halogens is 2. The Kier molecular flexibility index (Phi) is 4.90. The van der Waals surface area contributed by atoms with E-state index in [9.17, 15) is 4.57 Å². The van der Waals surface area contributed by atoms with Crippen LogP contribution in [0.15, 0.2) is 24.3 Å². The Hall–Kier alpha value is -0.290. The van der Waals surface area contributed by atoms with Crippen molar-refractivity contribution < 1.29 is 22.9 Å². The molecule has 0 unspecified atom stereocenters. The molecule has 1 fully saturated rings. The summed E-state index contributed by atoms with van der Waals surface area (Å²) in [7, 11) is -3.63. The van der Waals surface area contributed by atoms with E-state index in [1.165, 1.54) is 0 Å². The summed E-state index contributed by atoms with van der Waals surface area (Å²) in [4.78, 5) is 0. The predicted octanol–water partition coefficient (Wildman–Crippen LogP) is 3.46. The van der Waals surface area contributed by atoms with Crippen LogP contribution in [-0.2, 0) is 18.3 Å². The zero-order valence-electron chi connectivity index (χ0n) is 9.25. The molecule has 0 amide bonds. The van der Waals surface area contributed by atoms with Crippen LogP contribution in [0.2, 0.25) is 5.02 Å². The smallest absolute Gasteiger partial charge is 0.402 e. The molecule has 0 aliphatic carbocycles. The summed E-state index contributed by atoms with van der Waals surface area (Å²) in [5.74, 6) is 0.249. The van der Waals surface area contributed by atoms with Gasteiger partial charge in [0, 0.05) is 0 Å². The first kappa shape index (κ1) is 14.1. The summed E-state index contributed by atoms with van der Waals surface area (Å²) in [6.45, 7) is 0.183. The van der Waals surface area contributed by atoms with Gasteiger partial charge in [-0.3, -0.25) is 9.05 Å². The fourth-order valence-electron chi connectivity index (χ4n) is 1.31. The Morgan fingerprint density at radius 3 is 2.61 bits per heavy atom. The van der Waals surface area contributed by atoms with Gasteiger partial charge in [0.15, 0.2) is 0 Å². The maximum Gasteiger partial charge on any atom is 0.530 e. The van der Waals surface area contributed by atoms with Crippen molar-refractivity contribution in [3.8, 4) is 5.75 Å². The molecule has 100 valence electrons. The van der Waals surface area contributed by atoms with Crippen molar-refractivity contribution >= 4 is 31.0 Å². The quantitative estimate of drug-likeness (QED) is 0.629. The number of ether oxygens (including phenoxy) is 1. The van der Waals surface area contributed by atoms with E-state index in [0.717, 1.165) is 0 Å². The van der Waals surface area contributed by atoms with Crippen molar-refractivity contribution in [3.63, 3.8) is 0 Å². The Labute approximate surface area is 114 Å². The normalized spacial score (nSPS) is 28.0. The molecule has 1 aromatic rings. The molecule has 1 aromatic carbocycles. The van der Waals surface area contributed by atoms with Crippen LogP contribution in [0.1, 0.15) is 0 Å². The first-order chi connectivity index (χ1) is 8.63. The molecule has 1 aliphatic heterocycles. The van der Waals surface area contributed by atoms with Crippen LogP contribution in [0.5, 0.6) is 5.75 Å². The van der Waals surface area contributed by atoms with Gasteiger partial charge >= 0.3 is 7.82 Å². The lowest BCUT2D eigenvalue weighted by Gasteiger charge is -2.27. The van der Waals surface area contributed by atoms with Gasteiger partial charge < -0.3 is 9.26 Å². The molecule has 0 N–H and O–H groups in total. The largest absolute Gasteiger partial charge is 0.530 e. The molecule has 0 radical (unpaired) electrons. The van der Waals surface area contributed by atoms with Gasteiger partial charge in [0.05, 0.1) is 18.2 Å². The highest BCUT2D eigenvalue weighted by atomic mass is 35.5. The van der Waals surface area contributed by atoms with E-state index in [1.807, 2.05) is 0 Å². The number of phosphoric acid groups is 1. The molecule has 1 heterocycles. The van der Waals surface area contributed by atoms with E-state index in [4.69, 9.17) is 41.5 Å². The number of alkyl halides is 1. The summed E-state index contributed by atoms with van der Waals surface area (Å²) >= 11 is 11.3. The molecule has 0 bridgehead atoms. The molecule has 0 saturated carbocycles. The Balaban J connectivity index is 1.98. The van der Waals surface area contributed by atoms with Gasteiger partial charge in [-0.1, -0.05) is 35.3 Å². The van der Waals surface area contributed by atoms with Crippen LogP contribution in [0, 0.1) is 0 Å². The lowest BCUT2D eigenvalue weighted by atomic mass is 10.3. The van der Waals surface area contributed by atoms with Gasteiger partial charge in [-0.25, -0.2) is 4.57 Å². The minimum absolute atomic E-state index is 0.0209. The van der Waals surface area contributed by atoms with E-state index >= 15 is 0 Å². The van der Waals surface area contributed by atoms with Crippen LogP contribution >= 0.6 is 31.0 Å². The predicted molar refractivity (Wildman–Crippen MR) is 67.2 cm³/mol. The first-order valence-electron chi connectivity index (χ1n) is 5.14. The molecule has 1 saturated heterocycles. The minimum atomic E-state index is -3.63. The SMILES string of the molecule is O=P1(Oc2ccccc2Cl)OCC(OCCl)CO1. The maximum atomic E-state index is 12.1. The van der Waals surface area contributed by atoms with Gasteiger partial charge in [-0.05, 0) is 12.1 Å². The third-order valence-corrected chi connectivity index (χ3v) is 3.97. The Bertz CT molecular complexity index is 444. The summed E-state index contributed by atoms with van der Waals surface area (Å²) in [5.41, 5.74) is 0. The average molecular weight is 313 g/mol. The third kappa shape index (κ3) is 3.60. The number of benzene rings is 1. The second-order valence-electron chi connectivity index (χ2n) is 3.46. The highest BCUT2D eigenvalue weighted by Crippen LogP contribution is 2.52. The van der Waals surface area contributed by atoms with Gasteiger partial charge in [-0.2, -0.15) is 0 Å². The molecule has 8 heteroatoms. The summed E-state index contributed by atoms with van der Waals surface area (Å²) in [5, 5.41) is 0.332. The van der Waals surface area contributed by atoms with Gasteiger partial charge in [0.25, 0.3) is 0 Å². The molecular weight excluding hydrogens is 302 g/mol. The van der Waals surface area contributed by atoms with Crippen LogP contribution in [-0.4, -0.2) is 25.4 Å². The van der Waals surface area contributed by atoms with Crippen LogP contribution < -0.4 is 4.52 Å². The van der Waals surface area contributed by atoms with Crippen molar-refractivity contribution in [2.24, 2.45) is 0 Å². The monoisotopic (exact) mass is 312 g/mol. The third-order valence-electron chi connectivity index (χ3n) is 2.18. The molecule has 0 aromatic heterocycles. The molecule has 0 atom stereocenters. The topological polar surface area (TPSA) is 54.0 Å². The summed E-state index contributed by atoms with van der Waals surface area (Å²) < 4.78 is 32.5. The molecule has 5 nitrogen and oxygen atoms in total. The van der Waals surface area contributed by atoms with Crippen molar-refractivity contribution in [1.29, 1.82) is 0 Å². The van der Waals surface area contributed by atoms with E-state index in [0.29, 0.717) is 5.02 Å². The number of hydrogen-bond donors (Lipinski definition) is 0. The molecule has 1 aliphatic rings. The molecular formula is C10H11Cl2O5P. The Morgan fingerprint density at radius 2 is 2.00 bits per heavy atom. The van der Waals surface area contributed by atoms with Gasteiger partial charge in [0.2, 0.25) is 0 Å². The molecule has 2 rings (SSSR count). The van der Waals surface area contributed by atoms with Crippen molar-refractivity contribution in [2.45, 2.75) is 6.10 Å². The minimum Gasteiger partial charge on any atom is -0.402 e. The average Bonchev–Trinajstić information content (AvgIpc) is 2.36. The van der Waals surface area contributed by atoms with Crippen LogP contribution in [0.3, 0.4) is 0 Å². The highest BCUT2D eigenvalue weighted by Gasteiger charge is 2.36. The number of rotatable bonds is 4. The first-order valence-corrected chi connectivity index (χ1v) is 7.51. The van der Waals surface area contributed by atoms with Crippen molar-refractivity contribution in [2.75, 3.05) is 19.3 Å². The van der Waals surface area contributed by atoms with Crippen LogP contribution in [0.25, 0.3) is 0 Å². The van der Waals surface area contributed by atoms with E-state index in [1.54, 1.807) is 24.3 Å². The lowest BCUT2D eigenvalue weighted by molar-refractivity contribution is -0.0327. The summed E-state index contributed by atoms with van der Waals surface area (Å²) in [6, 6.07) is 6.66. The lowest BCUT2D eigenvalue weighted by Crippen LogP contribution is -2.30. The molecule has 0 spiro atoms. The van der Waals surface area contributed by atoms with Crippen LogP contribution in [0.4, 0.5) is 0 Å². The standard InChI is InChI=1S/C10H11Cl2O5P/c11-7-14-8-5-15-18(13,16-6-8)17-10-4-2-1-3-9(10)12/h1-4,8H,5-7H2. The zero-order chi connectivity index (χ0) is 13.0. The number of para-hydroxylation sites is 1. The van der Waals surface area contributed by atoms with E-state index in [2.05, 4.69) is 0 Å². The second kappa shape index (κ2) is 6.24. The molecule has 18 heavy (non-hydrogen) atoms. The van der Waals surface area contributed by atoms with Crippen molar-refractivity contribution in [1.82, 2.24) is 0 Å². The van der Waals surface area contributed by atoms with E-state index in [-0.39, 0.29) is 31.1 Å². The van der Waals surface area contributed by atoms with Gasteiger partial charge in [0.1, 0.15) is 17.9 Å². The Morgan fingerprint density at radius 1 is 1.33 bits per heavy atom. The number of hydrogen-bond acceptors (Lipinski definition) is 5. The highest BCUT2D eigenvalue weighted by molar-refractivity contribution is 7.49. The second-order valence-corrected chi connectivity index (χ2v) is 5.68. The fourth-order valence-corrected chi connectivity index (χ4v) is 3.00. The van der Waals surface area contributed by atoms with Crippen molar-refractivity contribution in [3.05, 3.63) is 29.3 Å². The number of phosphoric ester groups is 1. The zero-order valence-corrected chi connectivity index (χ0v) is 11.7. The summed E-state index contributed by atoms with van der Waals surface area (Å²) in [6.07, 6.45) is -0.348.